The molecule has 0 heterocycles. The maximum atomic E-state index is 13.1. The van der Waals surface area contributed by atoms with Gasteiger partial charge in [-0.15, -0.1) is 0 Å². The highest BCUT2D eigenvalue weighted by atomic mass is 32.2. The number of nitrogens with two attached hydrogens (primary N) is 1. The number of nitrogens with one attached hydrogen (secondary N) is 2. The number of halogens is 1. The second-order valence-corrected chi connectivity index (χ2v) is 8.50. The van der Waals surface area contributed by atoms with Crippen molar-refractivity contribution in [2.45, 2.75) is 31.2 Å². The molecule has 1 unspecified atom stereocenters. The maximum absolute atomic E-state index is 13.1. The quantitative estimate of drug-likeness (QED) is 0.593. The summed E-state index contributed by atoms with van der Waals surface area (Å²) < 4.78 is 35.6. The number of carbonyl (C=O) groups excluding carboxylic acids is 1. The third-order valence-corrected chi connectivity index (χ3v) is 5.30. The Balaban J connectivity index is 1.80. The van der Waals surface area contributed by atoms with Crippen molar-refractivity contribution < 1.29 is 17.6 Å². The van der Waals surface area contributed by atoms with Gasteiger partial charge in [-0.3, -0.25) is 4.79 Å². The molecule has 4 N–H and O–H groups in total. The summed E-state index contributed by atoms with van der Waals surface area (Å²) in [6.07, 6.45) is 0.572. The summed E-state index contributed by atoms with van der Waals surface area (Å²) in [5.41, 5.74) is 1.83. The molecule has 6 nitrogen and oxygen atoms in total. The molecule has 2 aromatic rings. The van der Waals surface area contributed by atoms with Crippen LogP contribution < -0.4 is 15.8 Å². The van der Waals surface area contributed by atoms with Gasteiger partial charge in [-0.05, 0) is 47.7 Å². The minimum Gasteiger partial charge on any atom is -0.355 e. The number of hydrogen-bond donors (Lipinski definition) is 3. The van der Waals surface area contributed by atoms with Crippen LogP contribution in [0.4, 0.5) is 4.39 Å². The van der Waals surface area contributed by atoms with Gasteiger partial charge in [0, 0.05) is 12.6 Å². The third-order valence-electron chi connectivity index (χ3n) is 4.37. The van der Waals surface area contributed by atoms with Crippen LogP contribution in [0, 0.1) is 11.7 Å². The Hall–Kier alpha value is -2.29. The summed E-state index contributed by atoms with van der Waals surface area (Å²) in [4.78, 5) is 12.2. The molecule has 2 aromatic carbocycles. The Labute approximate surface area is 165 Å². The van der Waals surface area contributed by atoms with Gasteiger partial charge in [0.1, 0.15) is 5.82 Å². The second-order valence-electron chi connectivity index (χ2n) is 6.94. The number of amides is 1. The summed E-state index contributed by atoms with van der Waals surface area (Å²) in [6, 6.07) is 12.4. The fourth-order valence-corrected chi connectivity index (χ4v) is 3.38. The molecule has 0 aromatic heterocycles. The Kier molecular flexibility index (Phi) is 7.68. The van der Waals surface area contributed by atoms with Crippen molar-refractivity contribution in [3.63, 3.8) is 0 Å². The van der Waals surface area contributed by atoms with Crippen molar-refractivity contribution in [3.05, 3.63) is 65.5 Å². The molecular weight excluding hydrogens is 381 g/mol. The van der Waals surface area contributed by atoms with Gasteiger partial charge in [-0.25, -0.2) is 17.9 Å². The number of hydrogen-bond acceptors (Lipinski definition) is 4. The number of primary sulfonamides is 1. The molecule has 0 aliphatic rings. The van der Waals surface area contributed by atoms with Gasteiger partial charge in [-0.2, -0.15) is 0 Å². The first-order valence-electron chi connectivity index (χ1n) is 9.04. The van der Waals surface area contributed by atoms with Gasteiger partial charge < -0.3 is 10.6 Å². The van der Waals surface area contributed by atoms with Crippen molar-refractivity contribution >= 4 is 15.9 Å². The first-order valence-corrected chi connectivity index (χ1v) is 10.6. The molecule has 8 heteroatoms. The van der Waals surface area contributed by atoms with E-state index in [-0.39, 0.29) is 35.1 Å². The summed E-state index contributed by atoms with van der Waals surface area (Å²) in [6.45, 7) is 4.64. The van der Waals surface area contributed by atoms with Crippen LogP contribution >= 0.6 is 0 Å². The highest BCUT2D eigenvalue weighted by molar-refractivity contribution is 7.89. The van der Waals surface area contributed by atoms with Crippen LogP contribution in [0.25, 0.3) is 0 Å². The first-order chi connectivity index (χ1) is 13.2. The van der Waals surface area contributed by atoms with Crippen LogP contribution in [-0.2, 0) is 21.2 Å². The van der Waals surface area contributed by atoms with Crippen molar-refractivity contribution in [1.29, 1.82) is 0 Å². The molecule has 0 saturated heterocycles. The van der Waals surface area contributed by atoms with Crippen LogP contribution in [0.3, 0.4) is 0 Å². The van der Waals surface area contributed by atoms with Crippen LogP contribution in [0.1, 0.15) is 31.0 Å². The topological polar surface area (TPSA) is 101 Å². The van der Waals surface area contributed by atoms with Crippen LogP contribution in [-0.4, -0.2) is 27.4 Å². The fourth-order valence-electron chi connectivity index (χ4n) is 2.87. The summed E-state index contributed by atoms with van der Waals surface area (Å²) in [5.74, 6) is -0.203. The predicted octanol–water partition coefficient (Wildman–Crippen LogP) is 2.12. The zero-order valence-electron chi connectivity index (χ0n) is 16.0. The monoisotopic (exact) mass is 407 g/mol. The average molecular weight is 408 g/mol. The molecule has 0 bridgehead atoms. The zero-order valence-corrected chi connectivity index (χ0v) is 16.8. The molecule has 2 rings (SSSR count). The van der Waals surface area contributed by atoms with Gasteiger partial charge in [-0.1, -0.05) is 38.1 Å². The third kappa shape index (κ3) is 6.70. The summed E-state index contributed by atoms with van der Waals surface area (Å²) >= 11 is 0. The normalized spacial score (nSPS) is 12.8. The molecule has 1 amide bonds. The molecule has 0 aliphatic heterocycles. The van der Waals surface area contributed by atoms with Crippen molar-refractivity contribution in [2.75, 3.05) is 13.1 Å². The van der Waals surface area contributed by atoms with Crippen molar-refractivity contribution in [1.82, 2.24) is 10.6 Å². The molecule has 0 saturated carbocycles. The largest absolute Gasteiger partial charge is 0.355 e. The van der Waals surface area contributed by atoms with E-state index in [0.717, 1.165) is 11.1 Å². The summed E-state index contributed by atoms with van der Waals surface area (Å²) in [7, 11) is -3.70. The Morgan fingerprint density at radius 2 is 1.68 bits per heavy atom. The van der Waals surface area contributed by atoms with E-state index in [4.69, 9.17) is 5.14 Å². The van der Waals surface area contributed by atoms with E-state index >= 15 is 0 Å². The van der Waals surface area contributed by atoms with E-state index in [9.17, 15) is 17.6 Å². The molecule has 28 heavy (non-hydrogen) atoms. The van der Waals surface area contributed by atoms with Gasteiger partial charge in [0.15, 0.2) is 0 Å². The number of carbonyl (C=O) groups is 1. The van der Waals surface area contributed by atoms with Crippen LogP contribution in [0.2, 0.25) is 0 Å². The van der Waals surface area contributed by atoms with Gasteiger partial charge >= 0.3 is 0 Å². The Bertz CT molecular complexity index is 882. The van der Waals surface area contributed by atoms with Crippen LogP contribution in [0.5, 0.6) is 0 Å². The Morgan fingerprint density at radius 1 is 1.07 bits per heavy atom. The standard InChI is InChI=1S/C20H26FN3O3S/c1-14(2)20(16-5-7-17(21)8-6-16)24-13-19(25)23-12-11-15-3-9-18(10-4-15)28(22,26)27/h3-10,14,20,24H,11-13H2,1-2H3,(H,23,25)(H2,22,26,27). The summed E-state index contributed by atoms with van der Waals surface area (Å²) in [5, 5.41) is 11.1. The molecule has 0 radical (unpaired) electrons. The fraction of sp³-hybridized carbons (Fsp3) is 0.350. The lowest BCUT2D eigenvalue weighted by Crippen LogP contribution is -2.38. The average Bonchev–Trinajstić information content (AvgIpc) is 2.63. The lowest BCUT2D eigenvalue weighted by Gasteiger charge is -2.22. The van der Waals surface area contributed by atoms with Crippen molar-refractivity contribution in [3.8, 4) is 0 Å². The van der Waals surface area contributed by atoms with E-state index in [1.54, 1.807) is 24.3 Å². The maximum Gasteiger partial charge on any atom is 0.238 e. The van der Waals surface area contributed by atoms with E-state index in [1.807, 2.05) is 13.8 Å². The first kappa shape index (κ1) is 22.0. The van der Waals surface area contributed by atoms with E-state index in [0.29, 0.717) is 13.0 Å². The van der Waals surface area contributed by atoms with Crippen LogP contribution in [0.15, 0.2) is 53.4 Å². The predicted molar refractivity (Wildman–Crippen MR) is 107 cm³/mol. The van der Waals surface area contributed by atoms with Gasteiger partial charge in [0.25, 0.3) is 0 Å². The second kappa shape index (κ2) is 9.77. The molecule has 1 atom stereocenters. The van der Waals surface area contributed by atoms with E-state index in [1.165, 1.54) is 24.3 Å². The number of sulfonamides is 1. The smallest absolute Gasteiger partial charge is 0.238 e. The molecule has 0 spiro atoms. The van der Waals surface area contributed by atoms with E-state index < -0.39 is 10.0 Å². The molecular formula is C20H26FN3O3S. The highest BCUT2D eigenvalue weighted by Crippen LogP contribution is 2.21. The zero-order chi connectivity index (χ0) is 20.7. The Morgan fingerprint density at radius 3 is 2.21 bits per heavy atom. The minimum absolute atomic E-state index is 0.0582. The van der Waals surface area contributed by atoms with Gasteiger partial charge in [0.2, 0.25) is 15.9 Å². The molecule has 0 aliphatic carbocycles. The molecule has 152 valence electrons. The van der Waals surface area contributed by atoms with Crippen molar-refractivity contribution in [2.24, 2.45) is 11.1 Å². The minimum atomic E-state index is -3.70. The molecule has 0 fully saturated rings. The number of benzene rings is 2. The van der Waals surface area contributed by atoms with E-state index in [2.05, 4.69) is 10.6 Å². The number of rotatable bonds is 9. The van der Waals surface area contributed by atoms with Gasteiger partial charge in [0.05, 0.1) is 11.4 Å². The SMILES string of the molecule is CC(C)C(NCC(=O)NCCc1ccc(S(N)(=O)=O)cc1)c1ccc(F)cc1. The highest BCUT2D eigenvalue weighted by Gasteiger charge is 2.16. The lowest BCUT2D eigenvalue weighted by molar-refractivity contribution is -0.120. The lowest BCUT2D eigenvalue weighted by atomic mass is 9.96.